The van der Waals surface area contributed by atoms with E-state index in [2.05, 4.69) is 16.9 Å². The highest BCUT2D eigenvalue weighted by Gasteiger charge is 2.33. The smallest absolute Gasteiger partial charge is 0.409 e. The molecule has 0 spiro atoms. The predicted molar refractivity (Wildman–Crippen MR) is 106 cm³/mol. The van der Waals surface area contributed by atoms with Crippen LogP contribution in [0.2, 0.25) is 0 Å². The van der Waals surface area contributed by atoms with Gasteiger partial charge in [-0.25, -0.2) is 23.5 Å². The van der Waals surface area contributed by atoms with Crippen molar-refractivity contribution in [1.82, 2.24) is 14.9 Å². The van der Waals surface area contributed by atoms with Gasteiger partial charge < -0.3 is 9.64 Å². The molecular weight excluding hydrogens is 390 g/mol. The van der Waals surface area contributed by atoms with Gasteiger partial charge in [0.2, 0.25) is 0 Å². The van der Waals surface area contributed by atoms with Crippen LogP contribution in [-0.2, 0) is 0 Å². The van der Waals surface area contributed by atoms with Crippen molar-refractivity contribution in [2.45, 2.75) is 39.2 Å². The first-order valence-corrected chi connectivity index (χ1v) is 9.72. The van der Waals surface area contributed by atoms with Crippen LogP contribution in [-0.4, -0.2) is 33.5 Å². The van der Waals surface area contributed by atoms with Gasteiger partial charge in [0.1, 0.15) is 29.3 Å². The second-order valence-corrected chi connectivity index (χ2v) is 7.32. The van der Waals surface area contributed by atoms with Gasteiger partial charge >= 0.3 is 6.09 Å². The number of rotatable bonds is 0. The minimum absolute atomic E-state index is 0.0460. The summed E-state index contributed by atoms with van der Waals surface area (Å²) in [7, 11) is 0. The van der Waals surface area contributed by atoms with Gasteiger partial charge in [-0.15, -0.1) is 0 Å². The van der Waals surface area contributed by atoms with Crippen LogP contribution >= 0.6 is 0 Å². The van der Waals surface area contributed by atoms with Crippen LogP contribution < -0.4 is 4.74 Å². The van der Waals surface area contributed by atoms with E-state index in [1.165, 1.54) is 12.4 Å². The van der Waals surface area contributed by atoms with Crippen LogP contribution in [0.5, 0.6) is 5.75 Å². The molecule has 0 saturated carbocycles. The number of aromatic nitrogens is 2. The lowest BCUT2D eigenvalue weighted by Gasteiger charge is -2.38. The summed E-state index contributed by atoms with van der Waals surface area (Å²) in [6.07, 6.45) is 8.50. The zero-order valence-electron chi connectivity index (χ0n) is 16.8. The lowest BCUT2D eigenvalue weighted by atomic mass is 9.89. The Balaban J connectivity index is 0.000000239. The zero-order chi connectivity index (χ0) is 21.7. The van der Waals surface area contributed by atoms with Crippen LogP contribution in [0.4, 0.5) is 13.6 Å². The van der Waals surface area contributed by atoms with E-state index in [0.29, 0.717) is 30.3 Å². The minimum atomic E-state index is -0.754. The largest absolute Gasteiger partial charge is 0.415 e. The second-order valence-electron chi connectivity index (χ2n) is 7.32. The average Bonchev–Trinajstić information content (AvgIpc) is 2.78. The number of piperidine rings is 1. The Morgan fingerprint density at radius 2 is 2.00 bits per heavy atom. The molecule has 0 aliphatic carbocycles. The van der Waals surface area contributed by atoms with Crippen molar-refractivity contribution in [3.05, 3.63) is 59.2 Å². The fraction of sp³-hybridized carbons (Fsp3) is 0.364. The van der Waals surface area contributed by atoms with Gasteiger partial charge in [-0.1, -0.05) is 19.1 Å². The molecule has 3 heterocycles. The highest BCUT2D eigenvalue weighted by atomic mass is 19.1. The number of nitrogens with zero attached hydrogens (tertiary/aromatic N) is 4. The molecular formula is C22H22F2N4O2. The average molecular weight is 412 g/mol. The molecule has 1 amide bonds. The van der Waals surface area contributed by atoms with Crippen LogP contribution in [0.3, 0.4) is 0 Å². The van der Waals surface area contributed by atoms with E-state index >= 15 is 0 Å². The molecule has 1 saturated heterocycles. The molecule has 8 heteroatoms. The number of hydrogen-bond donors (Lipinski definition) is 0. The number of halogens is 2. The molecule has 2 aliphatic rings. The third-order valence-corrected chi connectivity index (χ3v) is 5.18. The molecule has 1 aromatic heterocycles. The minimum Gasteiger partial charge on any atom is -0.409 e. The van der Waals surface area contributed by atoms with Crippen LogP contribution in [0, 0.1) is 35.8 Å². The lowest BCUT2D eigenvalue weighted by molar-refractivity contribution is 0.0898. The van der Waals surface area contributed by atoms with E-state index in [1.54, 1.807) is 17.9 Å². The van der Waals surface area contributed by atoms with Crippen molar-refractivity contribution < 1.29 is 18.3 Å². The highest BCUT2D eigenvalue weighted by Crippen LogP contribution is 2.31. The predicted octanol–water partition coefficient (Wildman–Crippen LogP) is 4.64. The molecule has 0 bridgehead atoms. The Morgan fingerprint density at radius 3 is 2.70 bits per heavy atom. The molecule has 0 N–H and O–H groups in total. The van der Waals surface area contributed by atoms with Gasteiger partial charge in [0.15, 0.2) is 0 Å². The molecule has 0 radical (unpaired) electrons. The van der Waals surface area contributed by atoms with Crippen molar-refractivity contribution in [2.24, 2.45) is 5.92 Å². The Bertz CT molecular complexity index is 986. The van der Waals surface area contributed by atoms with Crippen molar-refractivity contribution >= 4 is 12.2 Å². The molecule has 2 aromatic rings. The molecule has 2 unspecified atom stereocenters. The third kappa shape index (κ3) is 4.98. The summed E-state index contributed by atoms with van der Waals surface area (Å²) in [4.78, 5) is 21.6. The molecule has 156 valence electrons. The van der Waals surface area contributed by atoms with Gasteiger partial charge in [0.25, 0.3) is 0 Å². The molecule has 6 nitrogen and oxygen atoms in total. The summed E-state index contributed by atoms with van der Waals surface area (Å²) >= 11 is 0. The normalized spacial score (nSPS) is 21.3. The summed E-state index contributed by atoms with van der Waals surface area (Å²) in [6.45, 7) is 4.50. The number of carbonyl (C=O) groups is 1. The summed E-state index contributed by atoms with van der Waals surface area (Å²) in [5.74, 6) is -0.488. The van der Waals surface area contributed by atoms with E-state index < -0.39 is 17.7 Å². The van der Waals surface area contributed by atoms with Gasteiger partial charge in [-0.3, -0.25) is 0 Å². The second kappa shape index (κ2) is 9.44. The van der Waals surface area contributed by atoms with E-state index in [9.17, 15) is 13.6 Å². The van der Waals surface area contributed by atoms with Crippen molar-refractivity contribution in [2.75, 3.05) is 6.54 Å². The van der Waals surface area contributed by atoms with Gasteiger partial charge in [-0.05, 0) is 32.1 Å². The van der Waals surface area contributed by atoms with Crippen molar-refractivity contribution in [3.63, 3.8) is 0 Å². The van der Waals surface area contributed by atoms with Crippen LogP contribution in [0.15, 0.2) is 30.6 Å². The number of aryl methyl sites for hydroxylation is 1. The van der Waals surface area contributed by atoms with Crippen molar-refractivity contribution in [1.29, 1.82) is 5.26 Å². The van der Waals surface area contributed by atoms with E-state index in [1.807, 2.05) is 12.1 Å². The van der Waals surface area contributed by atoms with E-state index in [0.717, 1.165) is 25.0 Å². The summed E-state index contributed by atoms with van der Waals surface area (Å²) in [5, 5.41) is 8.30. The maximum Gasteiger partial charge on any atom is 0.415 e. The number of amides is 1. The maximum atomic E-state index is 13.9. The third-order valence-electron chi connectivity index (χ3n) is 5.18. The molecule has 2 aliphatic heterocycles. The van der Waals surface area contributed by atoms with Gasteiger partial charge in [0, 0.05) is 37.1 Å². The fourth-order valence-electron chi connectivity index (χ4n) is 3.57. The monoisotopic (exact) mass is 412 g/mol. The maximum absolute atomic E-state index is 13.9. The number of benzene rings is 1. The zero-order valence-corrected chi connectivity index (χ0v) is 16.8. The number of nitriles is 1. The number of hydrogen-bond acceptors (Lipinski definition) is 5. The van der Waals surface area contributed by atoms with E-state index in [-0.39, 0.29) is 17.4 Å². The molecule has 4 rings (SSSR count). The van der Waals surface area contributed by atoms with Gasteiger partial charge in [0.05, 0.1) is 11.1 Å². The topological polar surface area (TPSA) is 79.1 Å². The SMILES string of the molecule is CC1CCCN2C(=O)Oc3cc(F)cc(F)c3/C=C\CC12.Cc1ncc(C#N)cn1. The summed E-state index contributed by atoms with van der Waals surface area (Å²) in [6, 6.07) is 3.82. The molecule has 1 fully saturated rings. The van der Waals surface area contributed by atoms with Crippen molar-refractivity contribution in [3.8, 4) is 11.8 Å². The lowest BCUT2D eigenvalue weighted by Crippen LogP contribution is -2.48. The molecule has 2 atom stereocenters. The first kappa shape index (κ1) is 21.4. The van der Waals surface area contributed by atoms with Gasteiger partial charge in [-0.2, -0.15) is 5.26 Å². The molecule has 30 heavy (non-hydrogen) atoms. The summed E-state index contributed by atoms with van der Waals surface area (Å²) in [5.41, 5.74) is 0.623. The Kier molecular flexibility index (Phi) is 6.72. The van der Waals surface area contributed by atoms with Crippen LogP contribution in [0.25, 0.3) is 6.08 Å². The quantitative estimate of drug-likeness (QED) is 0.630. The first-order valence-electron chi connectivity index (χ1n) is 9.72. The Hall–Kier alpha value is -3.34. The number of ether oxygens (including phenoxy) is 1. The fourth-order valence-corrected chi connectivity index (χ4v) is 3.57. The Labute approximate surface area is 173 Å². The van der Waals surface area contributed by atoms with E-state index in [4.69, 9.17) is 10.00 Å². The standard InChI is InChI=1S/C16H17F2NO2.C6H5N3/c1-10-4-3-7-19-14(10)6-2-5-12-13(18)8-11(17)9-15(12)21-16(19)20;1-5-8-3-6(2-7)4-9-5/h2,5,8-10,14H,3-4,6-7H2,1H3;3-4H,1H3/b5-2-;. The first-order chi connectivity index (χ1) is 14.4. The Morgan fingerprint density at radius 1 is 1.27 bits per heavy atom. The highest BCUT2D eigenvalue weighted by molar-refractivity contribution is 5.74. The number of fused-ring (bicyclic) bond motifs is 2. The number of carbonyl (C=O) groups excluding carboxylic acids is 1. The summed E-state index contributed by atoms with van der Waals surface area (Å²) < 4.78 is 32.5. The van der Waals surface area contributed by atoms with Crippen LogP contribution in [0.1, 0.15) is 43.1 Å². The molecule has 1 aromatic carbocycles.